The van der Waals surface area contributed by atoms with Gasteiger partial charge in [-0.25, -0.2) is 4.98 Å². The van der Waals surface area contributed by atoms with Crippen LogP contribution < -0.4 is 4.90 Å². The van der Waals surface area contributed by atoms with Crippen LogP contribution >= 0.6 is 0 Å². The topological polar surface area (TPSA) is 60.4 Å². The predicted octanol–water partition coefficient (Wildman–Crippen LogP) is 2.15. The Morgan fingerprint density at radius 2 is 1.81 bits per heavy atom. The fourth-order valence-corrected chi connectivity index (χ4v) is 2.70. The van der Waals surface area contributed by atoms with Gasteiger partial charge in [0.1, 0.15) is 18.4 Å². The van der Waals surface area contributed by atoms with Gasteiger partial charge in [0.25, 0.3) is 0 Å². The van der Waals surface area contributed by atoms with Crippen molar-refractivity contribution in [3.05, 3.63) is 11.6 Å². The molecule has 0 radical (unpaired) electrons. The summed E-state index contributed by atoms with van der Waals surface area (Å²) in [6.45, 7) is 1.10. The van der Waals surface area contributed by atoms with Crippen LogP contribution in [0.4, 0.5) is 5.95 Å². The van der Waals surface area contributed by atoms with Gasteiger partial charge in [0.15, 0.2) is 0 Å². The quantitative estimate of drug-likeness (QED) is 0.718. The SMILES string of the molecule is COCCc1nc(C2CCCCC2)nc(N(C)COC)n1. The minimum absolute atomic E-state index is 0.470. The van der Waals surface area contributed by atoms with Crippen molar-refractivity contribution in [2.24, 2.45) is 0 Å². The molecule has 0 bridgehead atoms. The fraction of sp³-hybridized carbons (Fsp3) is 0.800. The van der Waals surface area contributed by atoms with E-state index in [9.17, 15) is 0 Å². The molecule has 0 N–H and O–H groups in total. The summed E-state index contributed by atoms with van der Waals surface area (Å²) in [7, 11) is 5.30. The zero-order valence-corrected chi connectivity index (χ0v) is 13.3. The summed E-state index contributed by atoms with van der Waals surface area (Å²) >= 11 is 0. The van der Waals surface area contributed by atoms with Gasteiger partial charge in [0, 0.05) is 33.6 Å². The maximum absolute atomic E-state index is 5.17. The van der Waals surface area contributed by atoms with E-state index >= 15 is 0 Å². The maximum Gasteiger partial charge on any atom is 0.230 e. The third kappa shape index (κ3) is 4.61. The van der Waals surface area contributed by atoms with Crippen LogP contribution in [0.1, 0.15) is 49.7 Å². The second-order valence-corrected chi connectivity index (χ2v) is 5.60. The van der Waals surface area contributed by atoms with Crippen molar-refractivity contribution in [2.75, 3.05) is 39.5 Å². The molecule has 1 aliphatic carbocycles. The first-order valence-electron chi connectivity index (χ1n) is 7.68. The highest BCUT2D eigenvalue weighted by Gasteiger charge is 2.20. The molecule has 6 nitrogen and oxygen atoms in total. The molecule has 0 unspecified atom stereocenters. The van der Waals surface area contributed by atoms with Gasteiger partial charge < -0.3 is 14.4 Å². The maximum atomic E-state index is 5.17. The van der Waals surface area contributed by atoms with Gasteiger partial charge in [-0.2, -0.15) is 9.97 Å². The Hall–Kier alpha value is -1.27. The first-order chi connectivity index (χ1) is 10.2. The van der Waals surface area contributed by atoms with Crippen molar-refractivity contribution < 1.29 is 9.47 Å². The summed E-state index contributed by atoms with van der Waals surface area (Å²) in [4.78, 5) is 15.8. The highest BCUT2D eigenvalue weighted by Crippen LogP contribution is 2.31. The lowest BCUT2D eigenvalue weighted by molar-refractivity contribution is 0.198. The predicted molar refractivity (Wildman–Crippen MR) is 81.5 cm³/mol. The van der Waals surface area contributed by atoms with Crippen LogP contribution in [0.2, 0.25) is 0 Å². The highest BCUT2D eigenvalue weighted by atomic mass is 16.5. The molecule has 1 saturated carbocycles. The van der Waals surface area contributed by atoms with Crippen molar-refractivity contribution >= 4 is 5.95 Å². The van der Waals surface area contributed by atoms with Crippen LogP contribution in [0.5, 0.6) is 0 Å². The van der Waals surface area contributed by atoms with Crippen LogP contribution in [-0.4, -0.2) is 49.6 Å². The molecule has 0 aromatic carbocycles. The molecule has 0 aliphatic heterocycles. The van der Waals surface area contributed by atoms with Crippen LogP contribution in [0.3, 0.4) is 0 Å². The first-order valence-corrected chi connectivity index (χ1v) is 7.68. The van der Waals surface area contributed by atoms with Crippen LogP contribution in [0, 0.1) is 0 Å². The lowest BCUT2D eigenvalue weighted by Gasteiger charge is -2.22. The van der Waals surface area contributed by atoms with E-state index in [2.05, 4.69) is 15.0 Å². The summed E-state index contributed by atoms with van der Waals surface area (Å²) in [5.41, 5.74) is 0. The van der Waals surface area contributed by atoms with Crippen LogP contribution in [0.15, 0.2) is 0 Å². The largest absolute Gasteiger partial charge is 0.384 e. The zero-order chi connectivity index (χ0) is 15.1. The highest BCUT2D eigenvalue weighted by molar-refractivity contribution is 5.28. The third-order valence-corrected chi connectivity index (χ3v) is 3.85. The summed E-state index contributed by atoms with van der Waals surface area (Å²) in [5.74, 6) is 2.91. The molecular formula is C15H26N4O2. The minimum Gasteiger partial charge on any atom is -0.384 e. The number of anilines is 1. The fourth-order valence-electron chi connectivity index (χ4n) is 2.70. The number of hydrogen-bond donors (Lipinski definition) is 0. The van der Waals surface area contributed by atoms with Gasteiger partial charge >= 0.3 is 0 Å². The summed E-state index contributed by atoms with van der Waals surface area (Å²) in [6, 6.07) is 0. The van der Waals surface area contributed by atoms with Gasteiger partial charge in [-0.05, 0) is 12.8 Å². The minimum atomic E-state index is 0.470. The number of nitrogens with zero attached hydrogens (tertiary/aromatic N) is 4. The van der Waals surface area contributed by atoms with Crippen molar-refractivity contribution in [1.82, 2.24) is 15.0 Å². The second-order valence-electron chi connectivity index (χ2n) is 5.60. The number of methoxy groups -OCH3 is 2. The number of aromatic nitrogens is 3. The normalized spacial score (nSPS) is 16.1. The third-order valence-electron chi connectivity index (χ3n) is 3.85. The van der Waals surface area contributed by atoms with E-state index < -0.39 is 0 Å². The van der Waals surface area contributed by atoms with E-state index in [1.54, 1.807) is 14.2 Å². The monoisotopic (exact) mass is 294 g/mol. The lowest BCUT2D eigenvalue weighted by atomic mass is 9.89. The van der Waals surface area contributed by atoms with Gasteiger partial charge in [0.2, 0.25) is 5.95 Å². The molecule has 0 amide bonds. The molecule has 1 heterocycles. The smallest absolute Gasteiger partial charge is 0.230 e. The first kappa shape index (κ1) is 16.1. The molecule has 21 heavy (non-hydrogen) atoms. The van der Waals surface area contributed by atoms with Crippen molar-refractivity contribution in [2.45, 2.75) is 44.4 Å². The molecule has 118 valence electrons. The molecular weight excluding hydrogens is 268 g/mol. The van der Waals surface area contributed by atoms with Crippen LogP contribution in [0.25, 0.3) is 0 Å². The summed E-state index contributed by atoms with van der Waals surface area (Å²) in [5, 5.41) is 0. The van der Waals surface area contributed by atoms with Gasteiger partial charge in [-0.1, -0.05) is 19.3 Å². The molecule has 0 atom stereocenters. The Balaban J connectivity index is 2.22. The molecule has 1 aromatic rings. The summed E-state index contributed by atoms with van der Waals surface area (Å²) < 4.78 is 10.3. The number of ether oxygens (including phenoxy) is 2. The van der Waals surface area contributed by atoms with Gasteiger partial charge in [-0.3, -0.25) is 0 Å². The van der Waals surface area contributed by atoms with E-state index in [4.69, 9.17) is 9.47 Å². The molecule has 1 aliphatic rings. The molecule has 0 saturated heterocycles. The van der Waals surface area contributed by atoms with E-state index in [0.717, 1.165) is 11.6 Å². The Kier molecular flexibility index (Phi) is 6.32. The average molecular weight is 294 g/mol. The zero-order valence-electron chi connectivity index (χ0n) is 13.3. The summed E-state index contributed by atoms with van der Waals surface area (Å²) in [6.07, 6.45) is 6.95. The second kappa shape index (κ2) is 8.24. The van der Waals surface area contributed by atoms with E-state index in [-0.39, 0.29) is 0 Å². The Morgan fingerprint density at radius 1 is 1.05 bits per heavy atom. The number of rotatable bonds is 7. The Bertz CT molecular complexity index is 436. The van der Waals surface area contributed by atoms with E-state index in [0.29, 0.717) is 31.6 Å². The van der Waals surface area contributed by atoms with Gasteiger partial charge in [-0.15, -0.1) is 0 Å². The number of hydrogen-bond acceptors (Lipinski definition) is 6. The molecule has 1 fully saturated rings. The van der Waals surface area contributed by atoms with E-state index in [1.807, 2.05) is 11.9 Å². The standard InChI is InChI=1S/C15H26N4O2/c1-19(11-21-3)15-17-13(9-10-20-2)16-14(18-15)12-7-5-4-6-8-12/h12H,4-11H2,1-3H3. The van der Waals surface area contributed by atoms with Crippen LogP contribution in [-0.2, 0) is 15.9 Å². The van der Waals surface area contributed by atoms with Crippen molar-refractivity contribution in [1.29, 1.82) is 0 Å². The van der Waals surface area contributed by atoms with E-state index in [1.165, 1.54) is 32.1 Å². The Morgan fingerprint density at radius 3 is 2.48 bits per heavy atom. The van der Waals surface area contributed by atoms with Crippen molar-refractivity contribution in [3.8, 4) is 0 Å². The molecule has 2 rings (SSSR count). The molecule has 6 heteroatoms. The molecule has 0 spiro atoms. The lowest BCUT2D eigenvalue weighted by Crippen LogP contribution is -2.24. The molecule has 1 aromatic heterocycles. The van der Waals surface area contributed by atoms with Gasteiger partial charge in [0.05, 0.1) is 6.61 Å². The average Bonchev–Trinajstić information content (AvgIpc) is 2.53. The Labute approximate surface area is 126 Å². The van der Waals surface area contributed by atoms with Crippen molar-refractivity contribution in [3.63, 3.8) is 0 Å².